The highest BCUT2D eigenvalue weighted by atomic mass is 32.2. The minimum Gasteiger partial charge on any atom is -0.497 e. The smallest absolute Gasteiger partial charge is 0.214 e. The highest BCUT2D eigenvalue weighted by Crippen LogP contribution is 2.27. The summed E-state index contributed by atoms with van der Waals surface area (Å²) in [5.41, 5.74) is 0.847. The summed E-state index contributed by atoms with van der Waals surface area (Å²) in [6.07, 6.45) is 3.26. The first kappa shape index (κ1) is 20.3. The van der Waals surface area contributed by atoms with Crippen LogP contribution in [0.1, 0.15) is 32.1 Å². The van der Waals surface area contributed by atoms with E-state index in [1.165, 1.54) is 0 Å². The molecule has 1 heterocycles. The number of hydrogen-bond donors (Lipinski definition) is 1. The van der Waals surface area contributed by atoms with Crippen molar-refractivity contribution in [2.45, 2.75) is 38.1 Å². The normalized spacial score (nSPS) is 18.1. The minimum absolute atomic E-state index is 0.0365. The summed E-state index contributed by atoms with van der Waals surface area (Å²) in [5, 5.41) is 12.0. The number of anilines is 1. The summed E-state index contributed by atoms with van der Waals surface area (Å²) in [6, 6.07) is 7.63. The molecule has 144 valence electrons. The summed E-state index contributed by atoms with van der Waals surface area (Å²) in [5.74, 6) is 1.48. The van der Waals surface area contributed by atoms with Crippen molar-refractivity contribution in [3.05, 3.63) is 18.2 Å². The fourth-order valence-electron chi connectivity index (χ4n) is 3.06. The molecule has 1 aromatic carbocycles. The third-order valence-corrected chi connectivity index (χ3v) is 6.36. The van der Waals surface area contributed by atoms with Crippen LogP contribution >= 0.6 is 0 Å². The van der Waals surface area contributed by atoms with E-state index in [2.05, 4.69) is 5.32 Å². The summed E-state index contributed by atoms with van der Waals surface area (Å²) in [4.78, 5) is 0. The second-order valence-corrected chi connectivity index (χ2v) is 8.46. The van der Waals surface area contributed by atoms with Crippen LogP contribution in [0.2, 0.25) is 0 Å². The standard InChI is InChI=1S/C18H27N3O4S/c1-24-17-11-16(12-18(13-17)25-2)20-15-7-6-9-21(14-15)26(22,23)10-5-3-4-8-19/h11-13,15,20H,3-7,9-10,14H2,1-2H3/t15-/m1/s1. The van der Waals surface area contributed by atoms with E-state index in [4.69, 9.17) is 14.7 Å². The molecule has 0 spiro atoms. The largest absolute Gasteiger partial charge is 0.497 e. The molecule has 0 unspecified atom stereocenters. The van der Waals surface area contributed by atoms with E-state index in [1.54, 1.807) is 24.6 Å². The Morgan fingerprint density at radius 3 is 2.54 bits per heavy atom. The van der Waals surface area contributed by atoms with Crippen LogP contribution < -0.4 is 14.8 Å². The zero-order chi connectivity index (χ0) is 19.0. The molecule has 1 aliphatic heterocycles. The third-order valence-electron chi connectivity index (χ3n) is 4.44. The second-order valence-electron chi connectivity index (χ2n) is 6.37. The van der Waals surface area contributed by atoms with E-state index in [0.29, 0.717) is 43.9 Å². The van der Waals surface area contributed by atoms with Gasteiger partial charge in [0.1, 0.15) is 11.5 Å². The van der Waals surface area contributed by atoms with Gasteiger partial charge in [0.25, 0.3) is 0 Å². The van der Waals surface area contributed by atoms with E-state index >= 15 is 0 Å². The van der Waals surface area contributed by atoms with Gasteiger partial charge < -0.3 is 14.8 Å². The quantitative estimate of drug-likeness (QED) is 0.661. The van der Waals surface area contributed by atoms with E-state index in [9.17, 15) is 8.42 Å². The molecule has 7 nitrogen and oxygen atoms in total. The van der Waals surface area contributed by atoms with Crippen LogP contribution in [-0.2, 0) is 10.0 Å². The molecule has 2 rings (SSSR count). The lowest BCUT2D eigenvalue weighted by Gasteiger charge is -2.33. The van der Waals surface area contributed by atoms with Crippen molar-refractivity contribution >= 4 is 15.7 Å². The predicted molar refractivity (Wildman–Crippen MR) is 101 cm³/mol. The van der Waals surface area contributed by atoms with Crippen LogP contribution in [0.5, 0.6) is 11.5 Å². The maximum absolute atomic E-state index is 12.5. The molecular weight excluding hydrogens is 354 g/mol. The molecule has 0 saturated carbocycles. The number of nitrogens with one attached hydrogen (secondary N) is 1. The number of unbranched alkanes of at least 4 members (excludes halogenated alkanes) is 2. The van der Waals surface area contributed by atoms with Crippen molar-refractivity contribution in [2.75, 3.05) is 38.4 Å². The number of nitrogens with zero attached hydrogens (tertiary/aromatic N) is 2. The first-order chi connectivity index (χ1) is 12.5. The fraction of sp³-hybridized carbons (Fsp3) is 0.611. The van der Waals surface area contributed by atoms with E-state index < -0.39 is 10.0 Å². The van der Waals surface area contributed by atoms with Crippen molar-refractivity contribution < 1.29 is 17.9 Å². The van der Waals surface area contributed by atoms with E-state index in [0.717, 1.165) is 18.5 Å². The molecule has 0 radical (unpaired) electrons. The van der Waals surface area contributed by atoms with Crippen LogP contribution in [0.25, 0.3) is 0 Å². The number of benzene rings is 1. The minimum atomic E-state index is -3.28. The van der Waals surface area contributed by atoms with Gasteiger partial charge in [-0.25, -0.2) is 8.42 Å². The van der Waals surface area contributed by atoms with Gasteiger partial charge in [0.15, 0.2) is 0 Å². The molecule has 1 aromatic rings. The Balaban J connectivity index is 1.99. The molecule has 0 bridgehead atoms. The number of methoxy groups -OCH3 is 2. The maximum atomic E-state index is 12.5. The zero-order valence-electron chi connectivity index (χ0n) is 15.4. The first-order valence-electron chi connectivity index (χ1n) is 8.83. The molecule has 0 amide bonds. The molecule has 1 N–H and O–H groups in total. The fourth-order valence-corrected chi connectivity index (χ4v) is 4.70. The number of hydrogen-bond acceptors (Lipinski definition) is 6. The zero-order valence-corrected chi connectivity index (χ0v) is 16.2. The Labute approximate surface area is 155 Å². The molecular formula is C18H27N3O4S. The Bertz CT molecular complexity index is 708. The second kappa shape index (κ2) is 9.64. The van der Waals surface area contributed by atoms with Gasteiger partial charge in [0.2, 0.25) is 10.0 Å². The number of ether oxygens (including phenoxy) is 2. The summed E-state index contributed by atoms with van der Waals surface area (Å²) >= 11 is 0. The molecule has 8 heteroatoms. The van der Waals surface area contributed by atoms with Gasteiger partial charge in [-0.15, -0.1) is 0 Å². The molecule has 1 atom stereocenters. The van der Waals surface area contributed by atoms with Gasteiger partial charge in [-0.3, -0.25) is 0 Å². The van der Waals surface area contributed by atoms with Crippen LogP contribution in [0.15, 0.2) is 18.2 Å². The predicted octanol–water partition coefficient (Wildman–Crippen LogP) is 2.60. The SMILES string of the molecule is COc1cc(N[C@@H]2CCCN(S(=O)(=O)CCCCC#N)C2)cc(OC)c1. The Hall–Kier alpha value is -1.98. The van der Waals surface area contributed by atoms with Crippen LogP contribution in [0.3, 0.4) is 0 Å². The average molecular weight is 381 g/mol. The Morgan fingerprint density at radius 1 is 1.23 bits per heavy atom. The van der Waals surface area contributed by atoms with Crippen LogP contribution in [-0.4, -0.2) is 51.8 Å². The van der Waals surface area contributed by atoms with Crippen LogP contribution in [0, 0.1) is 11.3 Å². The van der Waals surface area contributed by atoms with Gasteiger partial charge in [-0.2, -0.15) is 9.57 Å². The summed E-state index contributed by atoms with van der Waals surface area (Å²) < 4.78 is 37.2. The number of sulfonamides is 1. The highest BCUT2D eigenvalue weighted by molar-refractivity contribution is 7.89. The lowest BCUT2D eigenvalue weighted by atomic mass is 10.1. The highest BCUT2D eigenvalue weighted by Gasteiger charge is 2.28. The van der Waals surface area contributed by atoms with E-state index in [1.807, 2.05) is 18.2 Å². The van der Waals surface area contributed by atoms with Crippen molar-refractivity contribution in [3.63, 3.8) is 0 Å². The van der Waals surface area contributed by atoms with Crippen molar-refractivity contribution in [3.8, 4) is 17.6 Å². The Morgan fingerprint density at radius 2 is 1.92 bits per heavy atom. The number of nitriles is 1. The number of rotatable bonds is 9. The maximum Gasteiger partial charge on any atom is 0.214 e. The third kappa shape index (κ3) is 5.78. The monoisotopic (exact) mass is 381 g/mol. The van der Waals surface area contributed by atoms with E-state index in [-0.39, 0.29) is 11.8 Å². The van der Waals surface area contributed by atoms with Gasteiger partial charge in [-0.1, -0.05) is 0 Å². The summed E-state index contributed by atoms with van der Waals surface area (Å²) in [7, 11) is -0.0861. The lowest BCUT2D eigenvalue weighted by Crippen LogP contribution is -2.45. The molecule has 26 heavy (non-hydrogen) atoms. The molecule has 0 aliphatic carbocycles. The first-order valence-corrected chi connectivity index (χ1v) is 10.4. The molecule has 1 aliphatic rings. The Kier molecular flexibility index (Phi) is 7.54. The van der Waals surface area contributed by atoms with Gasteiger partial charge in [0, 0.05) is 49.4 Å². The van der Waals surface area contributed by atoms with Gasteiger partial charge >= 0.3 is 0 Å². The summed E-state index contributed by atoms with van der Waals surface area (Å²) in [6.45, 7) is 1.00. The van der Waals surface area contributed by atoms with Gasteiger partial charge in [-0.05, 0) is 25.7 Å². The van der Waals surface area contributed by atoms with Crippen molar-refractivity contribution in [1.29, 1.82) is 5.26 Å². The van der Waals surface area contributed by atoms with Crippen molar-refractivity contribution in [2.24, 2.45) is 0 Å². The molecule has 0 aromatic heterocycles. The molecule has 1 saturated heterocycles. The van der Waals surface area contributed by atoms with Crippen molar-refractivity contribution in [1.82, 2.24) is 4.31 Å². The van der Waals surface area contributed by atoms with Gasteiger partial charge in [0.05, 0.1) is 26.0 Å². The lowest BCUT2D eigenvalue weighted by molar-refractivity contribution is 0.326. The number of piperidine rings is 1. The van der Waals surface area contributed by atoms with Crippen LogP contribution in [0.4, 0.5) is 5.69 Å². The molecule has 1 fully saturated rings. The average Bonchev–Trinajstić information content (AvgIpc) is 2.65. The topological polar surface area (TPSA) is 91.7 Å².